The van der Waals surface area contributed by atoms with E-state index in [1.807, 2.05) is 66.7 Å². The van der Waals surface area contributed by atoms with Gasteiger partial charge in [-0.15, -0.1) is 0 Å². The molecule has 1 saturated heterocycles. The molecule has 1 aromatic heterocycles. The maximum absolute atomic E-state index is 15.0. The fourth-order valence-corrected chi connectivity index (χ4v) is 8.92. The van der Waals surface area contributed by atoms with Crippen molar-refractivity contribution in [3.8, 4) is 0 Å². The van der Waals surface area contributed by atoms with Crippen LogP contribution in [-0.2, 0) is 31.2 Å². The smallest absolute Gasteiger partial charge is 0.238 e. The van der Waals surface area contributed by atoms with Gasteiger partial charge in [0.15, 0.2) is 17.3 Å². The average Bonchev–Trinajstić information content (AvgIpc) is 3.71. The molecule has 8 nitrogen and oxygen atoms in total. The zero-order valence-electron chi connectivity index (χ0n) is 26.7. The molecule has 1 N–H and O–H groups in total. The summed E-state index contributed by atoms with van der Waals surface area (Å²) in [6.07, 6.45) is 3.89. The fourth-order valence-electron chi connectivity index (χ4n) is 8.92. The number of aliphatic hydroxyl groups excluding tert-OH is 1. The van der Waals surface area contributed by atoms with Crippen LogP contribution in [0.4, 0.5) is 5.69 Å². The van der Waals surface area contributed by atoms with Gasteiger partial charge in [-0.05, 0) is 79.3 Å². The lowest BCUT2D eigenvalue weighted by Gasteiger charge is -2.54. The molecule has 2 heterocycles. The van der Waals surface area contributed by atoms with Gasteiger partial charge in [-0.25, -0.2) is 0 Å². The molecule has 3 aliphatic carbocycles. The first-order valence-electron chi connectivity index (χ1n) is 16.5. The van der Waals surface area contributed by atoms with Crippen molar-refractivity contribution in [1.82, 2.24) is 0 Å². The molecule has 4 aliphatic rings. The third-order valence-electron chi connectivity index (χ3n) is 11.0. The van der Waals surface area contributed by atoms with Gasteiger partial charge in [0.05, 0.1) is 28.9 Å². The highest BCUT2D eigenvalue weighted by Gasteiger charge is 2.66. The number of benzene rings is 3. The van der Waals surface area contributed by atoms with E-state index < -0.39 is 35.0 Å². The van der Waals surface area contributed by atoms with Gasteiger partial charge in [0.2, 0.25) is 11.8 Å². The number of allylic oxidation sites excluding steroid dienone is 4. The predicted octanol–water partition coefficient (Wildman–Crippen LogP) is 6.00. The number of ketones is 3. The fraction of sp³-hybridized carbons (Fsp3) is 0.244. The second-order valence-corrected chi connectivity index (χ2v) is 13.4. The summed E-state index contributed by atoms with van der Waals surface area (Å²) in [5, 5.41) is 9.98. The number of hydrogen-bond acceptors (Lipinski definition) is 7. The van der Waals surface area contributed by atoms with Gasteiger partial charge in [-0.1, -0.05) is 72.3 Å². The summed E-state index contributed by atoms with van der Waals surface area (Å²) in [7, 11) is 0. The van der Waals surface area contributed by atoms with Crippen molar-refractivity contribution in [3.05, 3.63) is 143 Å². The van der Waals surface area contributed by atoms with E-state index in [9.17, 15) is 29.1 Å². The Morgan fingerprint density at radius 1 is 0.857 bits per heavy atom. The first-order valence-corrected chi connectivity index (χ1v) is 16.5. The zero-order chi connectivity index (χ0) is 34.0. The summed E-state index contributed by atoms with van der Waals surface area (Å²) in [6, 6.07) is 28.2. The molecule has 0 bridgehead atoms. The second-order valence-electron chi connectivity index (χ2n) is 13.4. The zero-order valence-corrected chi connectivity index (χ0v) is 26.7. The van der Waals surface area contributed by atoms with Crippen molar-refractivity contribution in [2.45, 2.75) is 37.7 Å². The number of aliphatic hydroxyl groups is 1. The summed E-state index contributed by atoms with van der Waals surface area (Å²) in [6.45, 7) is 1.10. The normalized spacial score (nSPS) is 27.6. The molecule has 8 heteroatoms. The Bertz CT molecular complexity index is 2090. The summed E-state index contributed by atoms with van der Waals surface area (Å²) in [5.74, 6) is -4.16. The molecule has 0 spiro atoms. The highest BCUT2D eigenvalue weighted by Crippen LogP contribution is 2.63. The molecule has 4 aromatic rings. The Labute approximate surface area is 282 Å². The quantitative estimate of drug-likeness (QED) is 0.154. The number of anilines is 1. The van der Waals surface area contributed by atoms with Crippen molar-refractivity contribution in [2.24, 2.45) is 23.7 Å². The Morgan fingerprint density at radius 3 is 2.20 bits per heavy atom. The molecule has 2 fully saturated rings. The predicted molar refractivity (Wildman–Crippen MR) is 180 cm³/mol. The average molecular weight is 652 g/mol. The van der Waals surface area contributed by atoms with Crippen molar-refractivity contribution in [1.29, 1.82) is 0 Å². The number of carbonyl (C=O) groups excluding carboxylic acids is 5. The van der Waals surface area contributed by atoms with Crippen LogP contribution in [0.25, 0.3) is 5.57 Å². The van der Waals surface area contributed by atoms with Crippen LogP contribution in [0, 0.1) is 23.7 Å². The van der Waals surface area contributed by atoms with E-state index in [0.29, 0.717) is 39.5 Å². The van der Waals surface area contributed by atoms with Crippen molar-refractivity contribution in [2.75, 3.05) is 4.90 Å². The van der Waals surface area contributed by atoms with Gasteiger partial charge in [-0.3, -0.25) is 28.9 Å². The molecular formula is C41H33NO7. The first-order chi connectivity index (χ1) is 23.7. The molecule has 3 aromatic carbocycles. The molecule has 49 heavy (non-hydrogen) atoms. The summed E-state index contributed by atoms with van der Waals surface area (Å²) in [4.78, 5) is 71.4. The van der Waals surface area contributed by atoms with Gasteiger partial charge < -0.3 is 9.52 Å². The van der Waals surface area contributed by atoms with E-state index in [0.717, 1.165) is 5.57 Å². The van der Waals surface area contributed by atoms with Crippen LogP contribution >= 0.6 is 0 Å². The molecular weight excluding hydrogens is 618 g/mol. The first kappa shape index (κ1) is 30.8. The highest BCUT2D eigenvalue weighted by molar-refractivity contribution is 6.32. The van der Waals surface area contributed by atoms with Crippen LogP contribution in [0.1, 0.15) is 58.7 Å². The maximum atomic E-state index is 15.0. The Hall–Kier alpha value is -5.47. The van der Waals surface area contributed by atoms with E-state index in [-0.39, 0.29) is 48.6 Å². The minimum atomic E-state index is -1.40. The van der Waals surface area contributed by atoms with Gasteiger partial charge >= 0.3 is 0 Å². The van der Waals surface area contributed by atoms with Crippen LogP contribution < -0.4 is 4.90 Å². The van der Waals surface area contributed by atoms with Crippen LogP contribution in [-0.4, -0.2) is 34.3 Å². The number of nitrogens with zero attached hydrogens (tertiary/aromatic N) is 1. The third kappa shape index (κ3) is 4.51. The molecule has 0 radical (unpaired) electrons. The van der Waals surface area contributed by atoms with E-state index in [2.05, 4.69) is 0 Å². The third-order valence-corrected chi connectivity index (χ3v) is 11.0. The lowest BCUT2D eigenvalue weighted by molar-refractivity contribution is -0.135. The Kier molecular flexibility index (Phi) is 7.30. The highest BCUT2D eigenvalue weighted by atomic mass is 16.4. The van der Waals surface area contributed by atoms with Gasteiger partial charge in [0.1, 0.15) is 18.1 Å². The minimum Gasteiger partial charge on any atom is -0.463 e. The van der Waals surface area contributed by atoms with E-state index >= 15 is 0 Å². The minimum absolute atomic E-state index is 0.124. The number of hydrogen-bond donors (Lipinski definition) is 1. The molecule has 8 rings (SSSR count). The van der Waals surface area contributed by atoms with E-state index in [1.54, 1.807) is 36.4 Å². The number of Topliss-reactive ketones (excluding diaryl/α,β-unsaturated/α-hetero) is 2. The summed E-state index contributed by atoms with van der Waals surface area (Å²) >= 11 is 0. The molecule has 1 aliphatic heterocycles. The molecule has 1 saturated carbocycles. The lowest BCUT2D eigenvalue weighted by Crippen LogP contribution is -2.58. The molecule has 2 amide bonds. The topological polar surface area (TPSA) is 122 Å². The van der Waals surface area contributed by atoms with Crippen LogP contribution in [0.3, 0.4) is 0 Å². The number of rotatable bonds is 6. The van der Waals surface area contributed by atoms with E-state index in [4.69, 9.17) is 4.42 Å². The number of amides is 2. The Morgan fingerprint density at radius 2 is 1.55 bits per heavy atom. The number of furan rings is 1. The van der Waals surface area contributed by atoms with Crippen LogP contribution in [0.5, 0.6) is 0 Å². The Balaban J connectivity index is 1.32. The molecule has 0 unspecified atom stereocenters. The van der Waals surface area contributed by atoms with Crippen molar-refractivity contribution < 1.29 is 33.5 Å². The monoisotopic (exact) mass is 651 g/mol. The SMILES string of the molecule is CC(=O)c1ccc(N2C(=O)[C@H]3[C@H](CC=C4[C@H]3C[C@H]3C(=O)C(c5ccccc5)=CC(=O)[C@@]3(c3ccccc3)[C@H]4c3ccc(CO)o3)C2=O)cc1. The van der Waals surface area contributed by atoms with Gasteiger partial charge in [-0.2, -0.15) is 0 Å². The maximum Gasteiger partial charge on any atom is 0.238 e. The van der Waals surface area contributed by atoms with E-state index in [1.165, 1.54) is 17.9 Å². The molecule has 6 atom stereocenters. The largest absolute Gasteiger partial charge is 0.463 e. The summed E-state index contributed by atoms with van der Waals surface area (Å²) in [5.41, 5.74) is 1.86. The van der Waals surface area contributed by atoms with Gasteiger partial charge in [0, 0.05) is 17.1 Å². The van der Waals surface area contributed by atoms with Crippen LogP contribution in [0.2, 0.25) is 0 Å². The number of fused-ring (bicyclic) bond motifs is 4. The second kappa shape index (κ2) is 11.6. The standard InChI is InChI=1S/C41H33NO7/c1-23(44)24-12-14-27(15-13-24)42-39(47)30-18-17-29-32(36(30)40(42)48)20-33-38(46)31(25-8-4-2-5-9-25)21-35(45)41(33,26-10-6-3-7-11-26)37(29)34-19-16-28(22-43)49-34/h2-17,19,21,30,32-33,36-37,43H,18,20,22H2,1H3/t30-,32+,33-,36-,37+,41-/m0/s1. The summed E-state index contributed by atoms with van der Waals surface area (Å²) < 4.78 is 6.23. The van der Waals surface area contributed by atoms with Crippen molar-refractivity contribution >= 4 is 40.4 Å². The van der Waals surface area contributed by atoms with Gasteiger partial charge in [0.25, 0.3) is 0 Å². The molecule has 244 valence electrons. The number of imide groups is 1. The number of carbonyl (C=O) groups is 5. The van der Waals surface area contributed by atoms with Crippen molar-refractivity contribution in [3.63, 3.8) is 0 Å². The van der Waals surface area contributed by atoms with Crippen LogP contribution in [0.15, 0.2) is 119 Å². The lowest BCUT2D eigenvalue weighted by atomic mass is 9.45.